The summed E-state index contributed by atoms with van der Waals surface area (Å²) in [6.07, 6.45) is 3.47. The lowest BCUT2D eigenvalue weighted by atomic mass is 10.9. The lowest BCUT2D eigenvalue weighted by Gasteiger charge is -2.00. The second-order valence-electron chi connectivity index (χ2n) is 1.14. The molecule has 0 aromatic heterocycles. The highest BCUT2D eigenvalue weighted by atomic mass is 35.5. The van der Waals surface area contributed by atoms with Crippen LogP contribution in [0.25, 0.3) is 0 Å². The van der Waals surface area contributed by atoms with Gasteiger partial charge in [-0.1, -0.05) is 0 Å². The van der Waals surface area contributed by atoms with Crippen LogP contribution >= 0.6 is 37.2 Å². The molecule has 9 heavy (non-hydrogen) atoms. The largest absolute Gasteiger partial charge is 0.358 e. The smallest absolute Gasteiger partial charge is 0.149 e. The summed E-state index contributed by atoms with van der Waals surface area (Å²) in [7, 11) is 0. The molecule has 1 aliphatic heterocycles. The molecule has 0 bridgehead atoms. The average Bonchev–Trinajstić information content (AvgIpc) is 1.86. The predicted octanol–water partition coefficient (Wildman–Crippen LogP) is 0.158. The molecule has 1 heterocycles. The van der Waals surface area contributed by atoms with Crippen molar-refractivity contribution in [3.63, 3.8) is 0 Å². The molecule has 0 aliphatic carbocycles. The summed E-state index contributed by atoms with van der Waals surface area (Å²) >= 11 is 0. The van der Waals surface area contributed by atoms with Crippen LogP contribution in [0, 0.1) is 0 Å². The van der Waals surface area contributed by atoms with E-state index in [0.717, 1.165) is 0 Å². The van der Waals surface area contributed by atoms with Gasteiger partial charge in [-0.2, -0.15) is 0 Å². The van der Waals surface area contributed by atoms with Crippen molar-refractivity contribution in [1.29, 1.82) is 0 Å². The summed E-state index contributed by atoms with van der Waals surface area (Å²) in [6, 6.07) is 0. The Kier molecular flexibility index (Phi) is 14.6. The fraction of sp³-hybridized carbons (Fsp3) is 0.333. The van der Waals surface area contributed by atoms with Gasteiger partial charge in [0.15, 0.2) is 0 Å². The molecule has 0 aromatic rings. The fourth-order valence-corrected chi connectivity index (χ4v) is 0.352. The highest BCUT2D eigenvalue weighted by molar-refractivity contribution is 5.86. The van der Waals surface area contributed by atoms with E-state index in [-0.39, 0.29) is 43.5 Å². The van der Waals surface area contributed by atoms with Gasteiger partial charge in [0.25, 0.3) is 0 Å². The van der Waals surface area contributed by atoms with Crippen molar-refractivity contribution in [2.45, 2.75) is 6.29 Å². The van der Waals surface area contributed by atoms with Gasteiger partial charge >= 0.3 is 0 Å². The first-order valence-electron chi connectivity index (χ1n) is 1.82. The molecule has 0 unspecified atom stereocenters. The van der Waals surface area contributed by atoms with Gasteiger partial charge in [-0.3, -0.25) is 5.73 Å². The highest BCUT2D eigenvalue weighted by Crippen LogP contribution is 1.73. The fourth-order valence-electron chi connectivity index (χ4n) is 0.352. The van der Waals surface area contributed by atoms with Gasteiger partial charge in [0.1, 0.15) is 6.29 Å². The Labute approximate surface area is 72.7 Å². The van der Waals surface area contributed by atoms with E-state index in [2.05, 4.69) is 10.6 Å². The molecule has 3 nitrogen and oxygen atoms in total. The minimum atomic E-state index is -0.0648. The predicted molar refractivity (Wildman–Crippen MR) is 45.1 cm³/mol. The first-order valence-corrected chi connectivity index (χ1v) is 1.82. The van der Waals surface area contributed by atoms with E-state index < -0.39 is 0 Å². The molecule has 0 saturated carbocycles. The maximum absolute atomic E-state index is 5.25. The van der Waals surface area contributed by atoms with Crippen LogP contribution in [0.3, 0.4) is 0 Å². The summed E-state index contributed by atoms with van der Waals surface area (Å²) < 4.78 is 0. The van der Waals surface area contributed by atoms with Crippen molar-refractivity contribution in [3.8, 4) is 0 Å². The number of hydrogen-bond acceptors (Lipinski definition) is 3. The normalized spacial score (nSPS) is 13.4. The van der Waals surface area contributed by atoms with Crippen molar-refractivity contribution < 1.29 is 0 Å². The maximum atomic E-state index is 5.25. The van der Waals surface area contributed by atoms with Crippen LogP contribution in [0.2, 0.25) is 0 Å². The van der Waals surface area contributed by atoms with Crippen LogP contribution in [0.5, 0.6) is 0 Å². The van der Waals surface area contributed by atoms with E-state index in [9.17, 15) is 0 Å². The lowest BCUT2D eigenvalue weighted by Crippen LogP contribution is -2.39. The molecule has 0 fully saturated rings. The van der Waals surface area contributed by atoms with Crippen LogP contribution in [0.1, 0.15) is 0 Å². The van der Waals surface area contributed by atoms with E-state index in [1.807, 2.05) is 0 Å². The van der Waals surface area contributed by atoms with Crippen LogP contribution in [0.15, 0.2) is 12.4 Å². The van der Waals surface area contributed by atoms with E-state index in [4.69, 9.17) is 5.73 Å². The number of nitrogens with two attached hydrogens (primary N) is 1. The first kappa shape index (κ1) is 16.1. The maximum Gasteiger partial charge on any atom is 0.149 e. The summed E-state index contributed by atoms with van der Waals surface area (Å²) in [5.74, 6) is 0. The Morgan fingerprint density at radius 3 is 1.44 bits per heavy atom. The highest BCUT2D eigenvalue weighted by Gasteiger charge is 1.95. The standard InChI is InChI=1S/C3H7N3.3ClH/c4-3-5-1-2-6-3;;;/h1-3,5-6H,4H2;3*1H. The summed E-state index contributed by atoms with van der Waals surface area (Å²) in [4.78, 5) is 0. The SMILES string of the molecule is Cl.Cl.Cl.NC1NC=CN1. The second-order valence-corrected chi connectivity index (χ2v) is 1.14. The third-order valence-corrected chi connectivity index (χ3v) is 0.635. The molecule has 0 saturated heterocycles. The first-order chi connectivity index (χ1) is 2.89. The number of halogens is 3. The quantitative estimate of drug-likeness (QED) is 0.515. The molecule has 0 atom stereocenters. The van der Waals surface area contributed by atoms with Crippen molar-refractivity contribution in [2.75, 3.05) is 0 Å². The van der Waals surface area contributed by atoms with Crippen molar-refractivity contribution in [2.24, 2.45) is 5.73 Å². The zero-order chi connectivity index (χ0) is 4.41. The van der Waals surface area contributed by atoms with Gasteiger partial charge in [0.2, 0.25) is 0 Å². The molecule has 1 rings (SSSR count). The van der Waals surface area contributed by atoms with Crippen LogP contribution in [0.4, 0.5) is 0 Å². The summed E-state index contributed by atoms with van der Waals surface area (Å²) in [5.41, 5.74) is 5.25. The second kappa shape index (κ2) is 8.17. The topological polar surface area (TPSA) is 50.1 Å². The van der Waals surface area contributed by atoms with E-state index in [1.165, 1.54) is 0 Å². The summed E-state index contributed by atoms with van der Waals surface area (Å²) in [5, 5.41) is 5.61. The third kappa shape index (κ3) is 6.05. The number of rotatable bonds is 0. The molecule has 0 radical (unpaired) electrons. The van der Waals surface area contributed by atoms with E-state index in [0.29, 0.717) is 0 Å². The van der Waals surface area contributed by atoms with Gasteiger partial charge < -0.3 is 10.6 Å². The minimum absolute atomic E-state index is 0. The number of nitrogens with one attached hydrogen (secondary N) is 2. The van der Waals surface area contributed by atoms with Gasteiger partial charge in [-0.05, 0) is 0 Å². The molecule has 0 aromatic carbocycles. The molecular weight excluding hydrogens is 184 g/mol. The van der Waals surface area contributed by atoms with E-state index in [1.54, 1.807) is 12.4 Å². The van der Waals surface area contributed by atoms with Gasteiger partial charge in [0, 0.05) is 12.4 Å². The van der Waals surface area contributed by atoms with Crippen molar-refractivity contribution in [3.05, 3.63) is 12.4 Å². The Morgan fingerprint density at radius 1 is 1.00 bits per heavy atom. The molecule has 4 N–H and O–H groups in total. The van der Waals surface area contributed by atoms with Crippen molar-refractivity contribution >= 4 is 37.2 Å². The lowest BCUT2D eigenvalue weighted by molar-refractivity contribution is 0.596. The van der Waals surface area contributed by atoms with Crippen LogP contribution < -0.4 is 16.4 Å². The van der Waals surface area contributed by atoms with Gasteiger partial charge in [-0.25, -0.2) is 0 Å². The third-order valence-electron chi connectivity index (χ3n) is 0.635. The van der Waals surface area contributed by atoms with Gasteiger partial charge in [0.05, 0.1) is 0 Å². The molecule has 0 amide bonds. The number of hydrogen-bond donors (Lipinski definition) is 3. The van der Waals surface area contributed by atoms with E-state index >= 15 is 0 Å². The zero-order valence-electron chi connectivity index (χ0n) is 4.53. The Morgan fingerprint density at radius 2 is 1.33 bits per heavy atom. The molecule has 6 heteroatoms. The molecular formula is C3H10Cl3N3. The Bertz CT molecular complexity index is 68.7. The summed E-state index contributed by atoms with van der Waals surface area (Å²) in [6.45, 7) is 0. The van der Waals surface area contributed by atoms with Crippen LogP contribution in [-0.4, -0.2) is 6.29 Å². The van der Waals surface area contributed by atoms with Crippen molar-refractivity contribution in [1.82, 2.24) is 10.6 Å². The Balaban J connectivity index is -0.000000120. The van der Waals surface area contributed by atoms with Crippen LogP contribution in [-0.2, 0) is 0 Å². The average molecular weight is 194 g/mol. The molecule has 1 aliphatic rings. The monoisotopic (exact) mass is 193 g/mol. The minimum Gasteiger partial charge on any atom is -0.358 e. The molecule has 0 spiro atoms. The Hall–Kier alpha value is 0.170. The van der Waals surface area contributed by atoms with Gasteiger partial charge in [-0.15, -0.1) is 37.2 Å². The molecule has 58 valence electrons. The zero-order valence-corrected chi connectivity index (χ0v) is 6.98.